The van der Waals surface area contributed by atoms with Crippen LogP contribution in [0.2, 0.25) is 0 Å². The van der Waals surface area contributed by atoms with Gasteiger partial charge < -0.3 is 9.63 Å². The molecule has 2 aromatic rings. The van der Waals surface area contributed by atoms with Crippen LogP contribution in [0.15, 0.2) is 34.9 Å². The number of nitrogens with zero attached hydrogens (tertiary/aromatic N) is 1. The van der Waals surface area contributed by atoms with Gasteiger partial charge in [-0.3, -0.25) is 4.79 Å². The predicted octanol–water partition coefficient (Wildman–Crippen LogP) is 3.16. The molecule has 98 valence electrons. The van der Waals surface area contributed by atoms with E-state index < -0.39 is 11.4 Å². The Morgan fingerprint density at radius 3 is 2.53 bits per heavy atom. The summed E-state index contributed by atoms with van der Waals surface area (Å²) >= 11 is 0. The van der Waals surface area contributed by atoms with Crippen LogP contribution in [0.4, 0.5) is 0 Å². The summed E-state index contributed by atoms with van der Waals surface area (Å²) in [7, 11) is 0. The lowest BCUT2D eigenvalue weighted by Crippen LogP contribution is -2.42. The van der Waals surface area contributed by atoms with Crippen LogP contribution >= 0.6 is 0 Å². The van der Waals surface area contributed by atoms with Gasteiger partial charge in [0.25, 0.3) is 0 Å². The molecule has 1 aliphatic carbocycles. The van der Waals surface area contributed by atoms with E-state index >= 15 is 0 Å². The average molecular weight is 257 g/mol. The summed E-state index contributed by atoms with van der Waals surface area (Å²) in [6.45, 7) is 2.02. The fourth-order valence-corrected chi connectivity index (χ4v) is 2.46. The van der Waals surface area contributed by atoms with E-state index in [4.69, 9.17) is 4.52 Å². The van der Waals surface area contributed by atoms with Crippen molar-refractivity contribution in [3.8, 4) is 11.3 Å². The van der Waals surface area contributed by atoms with E-state index in [9.17, 15) is 9.90 Å². The van der Waals surface area contributed by atoms with Crippen LogP contribution in [0, 0.1) is 6.92 Å². The summed E-state index contributed by atoms with van der Waals surface area (Å²) in [4.78, 5) is 11.4. The number of aryl methyl sites for hydroxylation is 1. The molecule has 0 spiro atoms. The Balaban J connectivity index is 1.95. The lowest BCUT2D eigenvalue weighted by atomic mass is 9.66. The minimum Gasteiger partial charge on any atom is -0.481 e. The predicted molar refractivity (Wildman–Crippen MR) is 69.8 cm³/mol. The normalized spacial score (nSPS) is 16.9. The molecule has 1 saturated carbocycles. The maximum Gasteiger partial charge on any atom is 0.315 e. The monoisotopic (exact) mass is 257 g/mol. The first-order chi connectivity index (χ1) is 9.12. The number of benzene rings is 1. The summed E-state index contributed by atoms with van der Waals surface area (Å²) in [6.07, 6.45) is 2.21. The van der Waals surface area contributed by atoms with Gasteiger partial charge in [0.2, 0.25) is 0 Å². The third kappa shape index (κ3) is 1.84. The van der Waals surface area contributed by atoms with Crippen molar-refractivity contribution in [1.29, 1.82) is 0 Å². The second kappa shape index (κ2) is 4.23. The number of carbonyl (C=O) groups is 1. The van der Waals surface area contributed by atoms with Gasteiger partial charge in [0.1, 0.15) is 11.1 Å². The molecule has 1 heterocycles. The topological polar surface area (TPSA) is 63.3 Å². The molecular weight excluding hydrogens is 242 g/mol. The molecule has 4 nitrogen and oxygen atoms in total. The minimum atomic E-state index is -0.827. The number of hydrogen-bond donors (Lipinski definition) is 1. The fourth-order valence-electron chi connectivity index (χ4n) is 2.46. The number of carboxylic acid groups (broad SMARTS) is 1. The Morgan fingerprint density at radius 1 is 1.32 bits per heavy atom. The molecule has 0 bridgehead atoms. The molecule has 3 rings (SSSR count). The van der Waals surface area contributed by atoms with Gasteiger partial charge in [-0.25, -0.2) is 0 Å². The fraction of sp³-hybridized carbons (Fsp3) is 0.333. The zero-order chi connectivity index (χ0) is 13.5. The highest BCUT2D eigenvalue weighted by Crippen LogP contribution is 2.44. The van der Waals surface area contributed by atoms with E-state index in [0.717, 1.165) is 12.0 Å². The smallest absolute Gasteiger partial charge is 0.315 e. The molecule has 0 saturated heterocycles. The maximum absolute atomic E-state index is 11.4. The SMILES string of the molecule is Cc1ccc(-c2cc(C3(C(=O)O)CCC3)no2)cc1. The van der Waals surface area contributed by atoms with E-state index in [1.54, 1.807) is 6.07 Å². The van der Waals surface area contributed by atoms with Crippen molar-refractivity contribution in [1.82, 2.24) is 5.16 Å². The zero-order valence-corrected chi connectivity index (χ0v) is 10.7. The molecular formula is C15H15NO3. The lowest BCUT2D eigenvalue weighted by Gasteiger charge is -2.35. The Kier molecular flexibility index (Phi) is 2.66. The highest BCUT2D eigenvalue weighted by molar-refractivity contribution is 5.82. The number of rotatable bonds is 3. The summed E-state index contributed by atoms with van der Waals surface area (Å²) in [5.74, 6) is -0.176. The third-order valence-electron chi connectivity index (χ3n) is 3.95. The number of hydrogen-bond acceptors (Lipinski definition) is 3. The lowest BCUT2D eigenvalue weighted by molar-refractivity contribution is -0.147. The van der Waals surface area contributed by atoms with Crippen LogP contribution in [-0.4, -0.2) is 16.2 Å². The molecule has 1 N–H and O–H groups in total. The summed E-state index contributed by atoms with van der Waals surface area (Å²) in [5, 5.41) is 13.3. The van der Waals surface area contributed by atoms with Crippen LogP contribution in [-0.2, 0) is 10.2 Å². The number of aliphatic carboxylic acids is 1. The Morgan fingerprint density at radius 2 is 2.00 bits per heavy atom. The van der Waals surface area contributed by atoms with Crippen molar-refractivity contribution in [2.24, 2.45) is 0 Å². The van der Waals surface area contributed by atoms with Crippen molar-refractivity contribution in [3.05, 3.63) is 41.6 Å². The van der Waals surface area contributed by atoms with Crippen LogP contribution in [0.1, 0.15) is 30.5 Å². The molecule has 0 amide bonds. The molecule has 1 aliphatic rings. The van der Waals surface area contributed by atoms with Gasteiger partial charge in [0.15, 0.2) is 5.76 Å². The Bertz CT molecular complexity index is 609. The van der Waals surface area contributed by atoms with Gasteiger partial charge in [-0.2, -0.15) is 0 Å². The molecule has 0 atom stereocenters. The van der Waals surface area contributed by atoms with E-state index in [0.29, 0.717) is 24.3 Å². The average Bonchev–Trinajstić information content (AvgIpc) is 2.77. The Hall–Kier alpha value is -2.10. The van der Waals surface area contributed by atoms with Gasteiger partial charge in [0.05, 0.1) is 0 Å². The van der Waals surface area contributed by atoms with E-state index in [1.807, 2.05) is 31.2 Å². The van der Waals surface area contributed by atoms with Crippen molar-refractivity contribution >= 4 is 5.97 Å². The zero-order valence-electron chi connectivity index (χ0n) is 10.7. The van der Waals surface area contributed by atoms with E-state index in [1.165, 1.54) is 5.56 Å². The first-order valence-corrected chi connectivity index (χ1v) is 6.39. The highest BCUT2D eigenvalue weighted by Gasteiger charge is 2.48. The van der Waals surface area contributed by atoms with Crippen LogP contribution in [0.25, 0.3) is 11.3 Å². The molecule has 4 heteroatoms. The maximum atomic E-state index is 11.4. The van der Waals surface area contributed by atoms with Gasteiger partial charge in [0, 0.05) is 11.6 Å². The van der Waals surface area contributed by atoms with Gasteiger partial charge in [-0.05, 0) is 19.8 Å². The highest BCUT2D eigenvalue weighted by atomic mass is 16.5. The minimum absolute atomic E-state index is 0.543. The van der Waals surface area contributed by atoms with E-state index in [2.05, 4.69) is 5.16 Å². The standard InChI is InChI=1S/C15H15NO3/c1-10-3-5-11(6-4-10)12-9-13(16-19-12)15(14(17)18)7-2-8-15/h3-6,9H,2,7-8H2,1H3,(H,17,18). The molecule has 1 fully saturated rings. The summed E-state index contributed by atoms with van der Waals surface area (Å²) in [5.41, 5.74) is 1.81. The first-order valence-electron chi connectivity index (χ1n) is 6.39. The van der Waals surface area contributed by atoms with Crippen LogP contribution < -0.4 is 0 Å². The van der Waals surface area contributed by atoms with Crippen molar-refractivity contribution in [2.45, 2.75) is 31.6 Å². The van der Waals surface area contributed by atoms with Crippen molar-refractivity contribution in [2.75, 3.05) is 0 Å². The molecule has 1 aromatic heterocycles. The molecule has 0 unspecified atom stereocenters. The summed E-state index contributed by atoms with van der Waals surface area (Å²) in [6, 6.07) is 9.65. The molecule has 0 aliphatic heterocycles. The molecule has 19 heavy (non-hydrogen) atoms. The van der Waals surface area contributed by atoms with Gasteiger partial charge >= 0.3 is 5.97 Å². The van der Waals surface area contributed by atoms with Crippen molar-refractivity contribution < 1.29 is 14.4 Å². The number of carboxylic acids is 1. The van der Waals surface area contributed by atoms with Crippen LogP contribution in [0.5, 0.6) is 0 Å². The van der Waals surface area contributed by atoms with Crippen LogP contribution in [0.3, 0.4) is 0 Å². The quantitative estimate of drug-likeness (QED) is 0.917. The van der Waals surface area contributed by atoms with E-state index in [-0.39, 0.29) is 0 Å². The van der Waals surface area contributed by atoms with Gasteiger partial charge in [-0.1, -0.05) is 41.4 Å². The van der Waals surface area contributed by atoms with Gasteiger partial charge in [-0.15, -0.1) is 0 Å². The summed E-state index contributed by atoms with van der Waals surface area (Å²) < 4.78 is 5.31. The Labute approximate surface area is 111 Å². The number of aromatic nitrogens is 1. The second-order valence-electron chi connectivity index (χ2n) is 5.18. The molecule has 1 aromatic carbocycles. The second-order valence-corrected chi connectivity index (χ2v) is 5.18. The van der Waals surface area contributed by atoms with Crippen molar-refractivity contribution in [3.63, 3.8) is 0 Å². The first kappa shape index (κ1) is 12.0. The molecule has 0 radical (unpaired) electrons. The third-order valence-corrected chi connectivity index (χ3v) is 3.95. The largest absolute Gasteiger partial charge is 0.481 e.